The van der Waals surface area contributed by atoms with Crippen LogP contribution in [0, 0.1) is 6.92 Å². The number of rotatable bonds is 4. The quantitative estimate of drug-likeness (QED) is 0.928. The van der Waals surface area contributed by atoms with Crippen LogP contribution in [-0.2, 0) is 9.84 Å². The van der Waals surface area contributed by atoms with Crippen LogP contribution >= 0.6 is 15.9 Å². The van der Waals surface area contributed by atoms with Crippen molar-refractivity contribution in [1.29, 1.82) is 0 Å². The Kier molecular flexibility index (Phi) is 4.52. The first kappa shape index (κ1) is 13.7. The number of aliphatic hydroxyl groups is 1. The summed E-state index contributed by atoms with van der Waals surface area (Å²) in [6, 6.07) is 5.53. The molecule has 5 heteroatoms. The highest BCUT2D eigenvalue weighted by atomic mass is 79.9. The molecule has 0 fully saturated rings. The maximum absolute atomic E-state index is 11.0. The van der Waals surface area contributed by atoms with Crippen LogP contribution in [0.25, 0.3) is 0 Å². The zero-order valence-electron chi connectivity index (χ0n) is 9.27. The third-order valence-electron chi connectivity index (χ3n) is 2.34. The lowest BCUT2D eigenvalue weighted by molar-refractivity contribution is 0.174. The van der Waals surface area contributed by atoms with Gasteiger partial charge in [-0.25, -0.2) is 8.42 Å². The van der Waals surface area contributed by atoms with Crippen LogP contribution in [0.15, 0.2) is 22.7 Å². The highest BCUT2D eigenvalue weighted by Crippen LogP contribution is 2.23. The molecule has 1 aromatic rings. The average Bonchev–Trinajstić information content (AvgIpc) is 2.17. The molecule has 0 saturated carbocycles. The lowest BCUT2D eigenvalue weighted by Gasteiger charge is -2.11. The lowest BCUT2D eigenvalue weighted by atomic mass is 10.1. The van der Waals surface area contributed by atoms with E-state index in [1.54, 1.807) is 0 Å². The highest BCUT2D eigenvalue weighted by molar-refractivity contribution is 9.10. The summed E-state index contributed by atoms with van der Waals surface area (Å²) in [5, 5.41) is 9.81. The van der Waals surface area contributed by atoms with Gasteiger partial charge in [-0.3, -0.25) is 0 Å². The number of benzene rings is 1. The molecule has 0 aromatic heterocycles. The van der Waals surface area contributed by atoms with Gasteiger partial charge in [0.2, 0.25) is 0 Å². The van der Waals surface area contributed by atoms with Crippen LogP contribution < -0.4 is 0 Å². The van der Waals surface area contributed by atoms with E-state index in [2.05, 4.69) is 15.9 Å². The molecule has 1 aromatic carbocycles. The van der Waals surface area contributed by atoms with E-state index in [4.69, 9.17) is 0 Å². The molecule has 0 heterocycles. The van der Waals surface area contributed by atoms with Crippen molar-refractivity contribution >= 4 is 25.8 Å². The van der Waals surface area contributed by atoms with Gasteiger partial charge in [0.15, 0.2) is 0 Å². The third kappa shape index (κ3) is 4.23. The van der Waals surface area contributed by atoms with Crippen molar-refractivity contribution in [3.63, 3.8) is 0 Å². The Morgan fingerprint density at radius 1 is 1.44 bits per heavy atom. The average molecular weight is 307 g/mol. The Hall–Kier alpha value is -0.390. The first-order valence-electron chi connectivity index (χ1n) is 4.91. The van der Waals surface area contributed by atoms with Crippen LogP contribution in [0.3, 0.4) is 0 Å². The minimum absolute atomic E-state index is 0.000335. The van der Waals surface area contributed by atoms with Crippen molar-refractivity contribution in [2.75, 3.05) is 12.0 Å². The molecule has 1 rings (SSSR count). The molecular formula is C11H15BrO3S. The summed E-state index contributed by atoms with van der Waals surface area (Å²) < 4.78 is 22.9. The normalized spacial score (nSPS) is 13.8. The van der Waals surface area contributed by atoms with Crippen LogP contribution in [0.4, 0.5) is 0 Å². The fourth-order valence-electron chi connectivity index (χ4n) is 1.31. The molecule has 0 aliphatic carbocycles. The molecule has 90 valence electrons. The summed E-state index contributed by atoms with van der Waals surface area (Å²) in [5.41, 5.74) is 1.82. The molecule has 16 heavy (non-hydrogen) atoms. The summed E-state index contributed by atoms with van der Waals surface area (Å²) in [5.74, 6) is -0.000335. The Labute approximate surface area is 105 Å². The van der Waals surface area contributed by atoms with Crippen LogP contribution in [0.2, 0.25) is 0 Å². The molecule has 3 nitrogen and oxygen atoms in total. The molecule has 0 aliphatic heterocycles. The second-order valence-corrected chi connectivity index (χ2v) is 7.06. The number of sulfone groups is 1. The summed E-state index contributed by atoms with van der Waals surface area (Å²) in [7, 11) is -3.02. The van der Waals surface area contributed by atoms with E-state index in [-0.39, 0.29) is 12.2 Å². The maximum Gasteiger partial charge on any atom is 0.147 e. The van der Waals surface area contributed by atoms with Gasteiger partial charge in [0, 0.05) is 10.7 Å². The first-order chi connectivity index (χ1) is 7.29. The van der Waals surface area contributed by atoms with Crippen molar-refractivity contribution in [3.05, 3.63) is 33.8 Å². The fourth-order valence-corrected chi connectivity index (χ4v) is 2.36. The van der Waals surface area contributed by atoms with Crippen molar-refractivity contribution < 1.29 is 13.5 Å². The van der Waals surface area contributed by atoms with Gasteiger partial charge in [-0.15, -0.1) is 0 Å². The largest absolute Gasteiger partial charge is 0.388 e. The second kappa shape index (κ2) is 5.29. The SMILES string of the molecule is Cc1ccc(C(O)CCS(C)(=O)=O)cc1Br. The molecule has 0 radical (unpaired) electrons. The van der Waals surface area contributed by atoms with E-state index >= 15 is 0 Å². The highest BCUT2D eigenvalue weighted by Gasteiger charge is 2.12. The van der Waals surface area contributed by atoms with Gasteiger partial charge in [-0.2, -0.15) is 0 Å². The molecule has 0 spiro atoms. The van der Waals surface area contributed by atoms with Gasteiger partial charge in [0.25, 0.3) is 0 Å². The van der Waals surface area contributed by atoms with E-state index in [0.717, 1.165) is 15.6 Å². The predicted octanol–water partition coefficient (Wildman–Crippen LogP) is 2.23. The molecule has 1 atom stereocenters. The smallest absolute Gasteiger partial charge is 0.147 e. The van der Waals surface area contributed by atoms with Gasteiger partial charge in [0.1, 0.15) is 9.84 Å². The monoisotopic (exact) mass is 306 g/mol. The van der Waals surface area contributed by atoms with E-state index in [1.807, 2.05) is 25.1 Å². The third-order valence-corrected chi connectivity index (χ3v) is 4.17. The van der Waals surface area contributed by atoms with Crippen LogP contribution in [-0.4, -0.2) is 25.5 Å². The Morgan fingerprint density at radius 2 is 2.06 bits per heavy atom. The summed E-state index contributed by atoms with van der Waals surface area (Å²) in [6.45, 7) is 1.96. The minimum Gasteiger partial charge on any atom is -0.388 e. The van der Waals surface area contributed by atoms with Crippen LogP contribution in [0.1, 0.15) is 23.7 Å². The van der Waals surface area contributed by atoms with Gasteiger partial charge in [0.05, 0.1) is 11.9 Å². The van der Waals surface area contributed by atoms with Crippen molar-refractivity contribution in [1.82, 2.24) is 0 Å². The summed E-state index contributed by atoms with van der Waals surface area (Å²) >= 11 is 3.38. The van der Waals surface area contributed by atoms with Crippen molar-refractivity contribution in [2.24, 2.45) is 0 Å². The fraction of sp³-hybridized carbons (Fsp3) is 0.455. The number of aryl methyl sites for hydroxylation is 1. The first-order valence-corrected chi connectivity index (χ1v) is 7.77. The molecule has 1 N–H and O–H groups in total. The topological polar surface area (TPSA) is 54.4 Å². The van der Waals surface area contributed by atoms with E-state index in [9.17, 15) is 13.5 Å². The van der Waals surface area contributed by atoms with Gasteiger partial charge in [-0.1, -0.05) is 28.1 Å². The molecule has 0 amide bonds. The molecule has 0 aliphatic rings. The van der Waals surface area contributed by atoms with E-state index < -0.39 is 15.9 Å². The molecule has 0 saturated heterocycles. The van der Waals surface area contributed by atoms with Crippen molar-refractivity contribution in [2.45, 2.75) is 19.4 Å². The molecular weight excluding hydrogens is 292 g/mol. The standard InChI is InChI=1S/C11H15BrO3S/c1-8-3-4-9(7-10(8)12)11(13)5-6-16(2,14)15/h3-4,7,11,13H,5-6H2,1-2H3. The van der Waals surface area contributed by atoms with Gasteiger partial charge in [-0.05, 0) is 30.5 Å². The second-order valence-electron chi connectivity index (χ2n) is 3.94. The van der Waals surface area contributed by atoms with Gasteiger partial charge >= 0.3 is 0 Å². The zero-order chi connectivity index (χ0) is 12.3. The summed E-state index contributed by atoms with van der Waals surface area (Å²) in [4.78, 5) is 0. The molecule has 0 bridgehead atoms. The Balaban J connectivity index is 2.73. The van der Waals surface area contributed by atoms with E-state index in [1.165, 1.54) is 6.26 Å². The van der Waals surface area contributed by atoms with E-state index in [0.29, 0.717) is 0 Å². The Bertz CT molecular complexity index is 468. The lowest BCUT2D eigenvalue weighted by Crippen LogP contribution is -2.08. The van der Waals surface area contributed by atoms with Crippen LogP contribution in [0.5, 0.6) is 0 Å². The number of hydrogen-bond acceptors (Lipinski definition) is 3. The number of hydrogen-bond donors (Lipinski definition) is 1. The van der Waals surface area contributed by atoms with Crippen molar-refractivity contribution in [3.8, 4) is 0 Å². The number of aliphatic hydroxyl groups excluding tert-OH is 1. The maximum atomic E-state index is 11.0. The van der Waals surface area contributed by atoms with Gasteiger partial charge < -0.3 is 5.11 Å². The minimum atomic E-state index is -3.02. The number of halogens is 1. The summed E-state index contributed by atoms with van der Waals surface area (Å²) in [6.07, 6.45) is 0.672. The molecule has 1 unspecified atom stereocenters. The Morgan fingerprint density at radius 3 is 2.56 bits per heavy atom. The zero-order valence-corrected chi connectivity index (χ0v) is 11.7. The predicted molar refractivity (Wildman–Crippen MR) is 68.2 cm³/mol.